The maximum Gasteiger partial charge on any atom is 0.496 e. The number of hydrogen-bond acceptors (Lipinski definition) is 12. The molecule has 2 atom stereocenters. The molecule has 11 rings (SSSR count). The van der Waals surface area contributed by atoms with Crippen molar-refractivity contribution >= 4 is 68.9 Å². The Morgan fingerprint density at radius 2 is 0.957 bits per heavy atom. The Bertz CT molecular complexity index is 3150. The fourth-order valence-corrected chi connectivity index (χ4v) is 9.14. The van der Waals surface area contributed by atoms with Gasteiger partial charge in [0.15, 0.2) is 27.0 Å². The first-order valence-corrected chi connectivity index (χ1v) is 24.1. The third-order valence-electron chi connectivity index (χ3n) is 12.8. The van der Waals surface area contributed by atoms with Gasteiger partial charge in [-0.2, -0.15) is 0 Å². The van der Waals surface area contributed by atoms with E-state index in [0.29, 0.717) is 28.7 Å². The summed E-state index contributed by atoms with van der Waals surface area (Å²) in [6.07, 6.45) is 6.91. The summed E-state index contributed by atoms with van der Waals surface area (Å²) in [4.78, 5) is 8.75. The number of pyridine rings is 2. The SMILES string of the molecule is CC1(C)OCC(c2cncc(-c3nnc(Cl)c4c(-c5ccccc5)cccc34)c2)O1.CC1(C)OCC(c2cncc(B3OC(C)(C)C(C)(C)O3)c2)O1.Clc1nnc(Cl)c2c(-c3ccccc3)cccc12. The predicted molar refractivity (Wildman–Crippen MR) is 276 cm³/mol. The van der Waals surface area contributed by atoms with Gasteiger partial charge in [0.05, 0.1) is 24.4 Å². The minimum absolute atomic E-state index is 0.107. The zero-order chi connectivity index (χ0) is 49.4. The van der Waals surface area contributed by atoms with Crippen molar-refractivity contribution in [3.05, 3.63) is 161 Å². The molecule has 0 saturated carbocycles. The largest absolute Gasteiger partial charge is 0.496 e. The fraction of sp³-hybridized carbons (Fsp3) is 0.296. The highest BCUT2D eigenvalue weighted by Gasteiger charge is 2.52. The fourth-order valence-electron chi connectivity index (χ4n) is 8.46. The number of hydrogen-bond donors (Lipinski definition) is 0. The number of rotatable bonds is 6. The summed E-state index contributed by atoms with van der Waals surface area (Å²) in [5.74, 6) is -1.15. The summed E-state index contributed by atoms with van der Waals surface area (Å²) in [6, 6.07) is 36.1. The molecule has 8 aromatic rings. The first kappa shape index (κ1) is 49.5. The van der Waals surface area contributed by atoms with E-state index in [9.17, 15) is 0 Å². The lowest BCUT2D eigenvalue weighted by atomic mass is 9.79. The van der Waals surface area contributed by atoms with Gasteiger partial charge in [-0.25, -0.2) is 0 Å². The smallest absolute Gasteiger partial charge is 0.399 e. The van der Waals surface area contributed by atoms with E-state index in [2.05, 4.69) is 48.6 Å². The molecule has 358 valence electrons. The van der Waals surface area contributed by atoms with Crippen LogP contribution < -0.4 is 5.46 Å². The van der Waals surface area contributed by atoms with Gasteiger partial charge < -0.3 is 28.3 Å². The summed E-state index contributed by atoms with van der Waals surface area (Å²) in [5, 5.41) is 20.9. The minimum atomic E-state index is -0.599. The maximum absolute atomic E-state index is 6.51. The van der Waals surface area contributed by atoms with Gasteiger partial charge >= 0.3 is 7.12 Å². The van der Waals surface area contributed by atoms with E-state index in [1.807, 2.05) is 153 Å². The van der Waals surface area contributed by atoms with E-state index in [4.69, 9.17) is 63.1 Å². The molecule has 0 spiro atoms. The molecule has 3 saturated heterocycles. The van der Waals surface area contributed by atoms with Gasteiger partial charge in [-0.05, 0) is 83.7 Å². The van der Waals surface area contributed by atoms with Crippen LogP contribution in [0.15, 0.2) is 134 Å². The molecule has 0 N–H and O–H groups in total. The molecule has 12 nitrogen and oxygen atoms in total. The molecule has 4 aromatic heterocycles. The monoisotopic (exact) mass is 996 g/mol. The molecule has 0 amide bonds. The minimum Gasteiger partial charge on any atom is -0.399 e. The summed E-state index contributed by atoms with van der Waals surface area (Å²) in [5.41, 5.74) is 7.90. The highest BCUT2D eigenvalue weighted by Crippen LogP contribution is 2.40. The van der Waals surface area contributed by atoms with E-state index in [1.54, 1.807) is 18.6 Å². The first-order chi connectivity index (χ1) is 33.4. The third kappa shape index (κ3) is 10.6. The Balaban J connectivity index is 0.000000135. The number of aromatic nitrogens is 6. The Hall–Kier alpha value is -5.45. The molecule has 3 fully saturated rings. The number of fused-ring (bicyclic) bond motifs is 2. The van der Waals surface area contributed by atoms with Gasteiger partial charge in [0.25, 0.3) is 0 Å². The van der Waals surface area contributed by atoms with Crippen molar-refractivity contribution in [1.29, 1.82) is 0 Å². The van der Waals surface area contributed by atoms with E-state index in [1.165, 1.54) is 0 Å². The molecule has 0 bridgehead atoms. The van der Waals surface area contributed by atoms with Crippen molar-refractivity contribution in [3.63, 3.8) is 0 Å². The van der Waals surface area contributed by atoms with Gasteiger partial charge in [0, 0.05) is 68.5 Å². The topological polar surface area (TPSA) is 133 Å². The second-order valence-corrected chi connectivity index (χ2v) is 20.2. The first-order valence-electron chi connectivity index (χ1n) is 22.9. The van der Waals surface area contributed by atoms with E-state index < -0.39 is 18.7 Å². The van der Waals surface area contributed by atoms with Crippen LogP contribution in [0, 0.1) is 0 Å². The lowest BCUT2D eigenvalue weighted by Crippen LogP contribution is -2.41. The van der Waals surface area contributed by atoms with Crippen molar-refractivity contribution in [1.82, 2.24) is 30.4 Å². The molecule has 16 heteroatoms. The second kappa shape index (κ2) is 20.0. The Kier molecular flexibility index (Phi) is 14.1. The highest BCUT2D eigenvalue weighted by molar-refractivity contribution is 6.62. The van der Waals surface area contributed by atoms with Crippen LogP contribution in [0.1, 0.15) is 78.7 Å². The molecule has 0 radical (unpaired) electrons. The average molecular weight is 998 g/mol. The van der Waals surface area contributed by atoms with Crippen LogP contribution in [0.2, 0.25) is 15.5 Å². The molecule has 4 aromatic carbocycles. The Morgan fingerprint density at radius 1 is 0.486 bits per heavy atom. The van der Waals surface area contributed by atoms with Gasteiger partial charge in [-0.3, -0.25) is 9.97 Å². The predicted octanol–water partition coefficient (Wildman–Crippen LogP) is 12.6. The van der Waals surface area contributed by atoms with Crippen LogP contribution in [0.25, 0.3) is 55.1 Å². The lowest BCUT2D eigenvalue weighted by molar-refractivity contribution is -0.139. The number of benzene rings is 4. The molecular weight excluding hydrogens is 946 g/mol. The van der Waals surface area contributed by atoms with Crippen molar-refractivity contribution in [2.75, 3.05) is 13.2 Å². The maximum atomic E-state index is 6.51. The number of ether oxygens (including phenoxy) is 4. The van der Waals surface area contributed by atoms with Gasteiger partial charge in [-0.15, -0.1) is 20.4 Å². The molecule has 3 aliphatic rings. The lowest BCUT2D eigenvalue weighted by Gasteiger charge is -2.32. The quantitative estimate of drug-likeness (QED) is 0.147. The Labute approximate surface area is 423 Å². The average Bonchev–Trinajstić information content (AvgIpc) is 3.99. The summed E-state index contributed by atoms with van der Waals surface area (Å²) in [7, 11) is -0.409. The van der Waals surface area contributed by atoms with Crippen molar-refractivity contribution in [2.45, 2.75) is 90.4 Å². The Morgan fingerprint density at radius 3 is 1.49 bits per heavy atom. The number of halogens is 3. The second-order valence-electron chi connectivity index (χ2n) is 19.1. The summed E-state index contributed by atoms with van der Waals surface area (Å²) < 4.78 is 35.4. The number of nitrogens with zero attached hydrogens (tertiary/aromatic N) is 6. The molecule has 2 unspecified atom stereocenters. The third-order valence-corrected chi connectivity index (χ3v) is 13.6. The molecule has 0 aliphatic carbocycles. The van der Waals surface area contributed by atoms with Crippen LogP contribution in [-0.2, 0) is 28.3 Å². The van der Waals surface area contributed by atoms with Crippen LogP contribution in [0.5, 0.6) is 0 Å². The molecule has 7 heterocycles. The van der Waals surface area contributed by atoms with Gasteiger partial charge in [0.1, 0.15) is 17.9 Å². The summed E-state index contributed by atoms with van der Waals surface area (Å²) in [6.45, 7) is 16.8. The van der Waals surface area contributed by atoms with Gasteiger partial charge in [-0.1, -0.05) is 138 Å². The van der Waals surface area contributed by atoms with Crippen LogP contribution in [0.4, 0.5) is 0 Å². The van der Waals surface area contributed by atoms with Crippen molar-refractivity contribution < 1.29 is 28.3 Å². The van der Waals surface area contributed by atoms with E-state index in [0.717, 1.165) is 71.6 Å². The van der Waals surface area contributed by atoms with Crippen LogP contribution in [0.3, 0.4) is 0 Å². The zero-order valence-electron chi connectivity index (χ0n) is 40.1. The molecule has 3 aliphatic heterocycles. The zero-order valence-corrected chi connectivity index (χ0v) is 42.4. The highest BCUT2D eigenvalue weighted by atomic mass is 35.5. The van der Waals surface area contributed by atoms with Crippen molar-refractivity contribution in [2.24, 2.45) is 0 Å². The molecular formula is C54H52BCl3N6O6. The van der Waals surface area contributed by atoms with E-state index in [-0.39, 0.29) is 23.4 Å². The standard InChI is InChI=1S/C24H20ClN3O2.C16H24BNO4.C14H8Cl2N2/c1-24(2)29-14-20(30-24)16-11-17(13-26-12-16)22-19-10-6-9-18(15-7-4-3-5-8-15)21(19)23(25)28-27-22;1-14(2)15(3,4)22-17(21-14)12-7-11(8-18-9-12)13-10-19-16(5,6)20-13;15-13-11-8-4-7-10(9-5-2-1-3-6-9)12(11)14(16)18-17-13/h3-13,20H,14H2,1-2H3;7-9,13H,10H2,1-6H3;1-8H. The van der Waals surface area contributed by atoms with Crippen molar-refractivity contribution in [3.8, 4) is 33.5 Å². The van der Waals surface area contributed by atoms with Crippen LogP contribution in [-0.4, -0.2) is 73.5 Å². The van der Waals surface area contributed by atoms with Crippen LogP contribution >= 0.6 is 34.8 Å². The normalized spacial score (nSPS) is 19.6. The summed E-state index contributed by atoms with van der Waals surface area (Å²) >= 11 is 18.7. The van der Waals surface area contributed by atoms with Gasteiger partial charge in [0.2, 0.25) is 0 Å². The molecule has 70 heavy (non-hydrogen) atoms. The van der Waals surface area contributed by atoms with E-state index >= 15 is 0 Å².